The minimum atomic E-state index is -1.98. The van der Waals surface area contributed by atoms with Crippen molar-refractivity contribution in [3.63, 3.8) is 0 Å². The maximum absolute atomic E-state index is 13.2. The predicted octanol–water partition coefficient (Wildman–Crippen LogP) is 3.37. The Morgan fingerprint density at radius 3 is 1.37 bits per heavy atom. The summed E-state index contributed by atoms with van der Waals surface area (Å²) in [6.07, 6.45) is 11.4. The molecule has 19 heteroatoms. The van der Waals surface area contributed by atoms with Gasteiger partial charge in [0.15, 0.2) is 18.9 Å². The van der Waals surface area contributed by atoms with E-state index in [1.165, 1.54) is 77.0 Å². The van der Waals surface area contributed by atoms with Gasteiger partial charge in [-0.25, -0.2) is 0 Å². The Morgan fingerprint density at radius 2 is 0.877 bits per heavy atom. The first-order chi connectivity index (χ1) is 35.3. The molecule has 3 aliphatic heterocycles. The monoisotopic (exact) mass is 1050 g/mol. The molecule has 17 atom stereocenters. The van der Waals surface area contributed by atoms with Gasteiger partial charge in [0, 0.05) is 6.42 Å². The fourth-order valence-corrected chi connectivity index (χ4v) is 9.26. The van der Waals surface area contributed by atoms with Gasteiger partial charge < -0.3 is 89.9 Å². The van der Waals surface area contributed by atoms with Gasteiger partial charge in [0.05, 0.1) is 38.6 Å². The number of carbonyl (C=O) groups excluding carboxylic acids is 1. The summed E-state index contributed by atoms with van der Waals surface area (Å²) < 4.78 is 34.1. The smallest absolute Gasteiger partial charge is 0.220 e. The lowest BCUT2D eigenvalue weighted by Crippen LogP contribution is -2.66. The number of rotatable bonds is 39. The molecule has 17 unspecified atom stereocenters. The maximum atomic E-state index is 13.2. The van der Waals surface area contributed by atoms with E-state index >= 15 is 0 Å². The largest absolute Gasteiger partial charge is 0.394 e. The van der Waals surface area contributed by atoms with Gasteiger partial charge in [0.25, 0.3) is 0 Å². The van der Waals surface area contributed by atoms with E-state index in [1.807, 2.05) is 6.08 Å². The Morgan fingerprint density at radius 1 is 0.479 bits per heavy atom. The summed E-state index contributed by atoms with van der Waals surface area (Å²) >= 11 is 0. The third kappa shape index (κ3) is 23.7. The van der Waals surface area contributed by atoms with Crippen molar-refractivity contribution in [3.05, 3.63) is 36.5 Å². The van der Waals surface area contributed by atoms with Crippen LogP contribution >= 0.6 is 0 Å². The first-order valence-corrected chi connectivity index (χ1v) is 27.7. The Bertz CT molecular complexity index is 1490. The summed E-state index contributed by atoms with van der Waals surface area (Å²) in [5.41, 5.74) is 0. The van der Waals surface area contributed by atoms with Crippen LogP contribution in [0.5, 0.6) is 0 Å². The van der Waals surface area contributed by atoms with E-state index in [0.29, 0.717) is 12.8 Å². The number of allylic oxidation sites excluding steroid dienone is 5. The summed E-state index contributed by atoms with van der Waals surface area (Å²) in [7, 11) is 0. The molecule has 0 bridgehead atoms. The van der Waals surface area contributed by atoms with Crippen molar-refractivity contribution in [2.45, 2.75) is 272 Å². The number of unbranched alkanes of at least 4 members (excludes halogenated alkanes) is 19. The zero-order valence-electron chi connectivity index (χ0n) is 43.9. The number of carbonyl (C=O) groups is 1. The highest BCUT2D eigenvalue weighted by molar-refractivity contribution is 5.76. The topological polar surface area (TPSA) is 307 Å². The summed E-state index contributed by atoms with van der Waals surface area (Å²) in [4.78, 5) is 13.2. The van der Waals surface area contributed by atoms with Crippen molar-refractivity contribution in [2.75, 3.05) is 26.4 Å². The fraction of sp³-hybridized carbons (Fsp3) is 0.870. The van der Waals surface area contributed by atoms with Gasteiger partial charge in [-0.3, -0.25) is 4.79 Å². The van der Waals surface area contributed by atoms with Crippen molar-refractivity contribution < 1.29 is 89.4 Å². The number of ether oxygens (including phenoxy) is 6. The molecule has 3 rings (SSSR count). The summed E-state index contributed by atoms with van der Waals surface area (Å²) in [6, 6.07) is -0.991. The van der Waals surface area contributed by atoms with Crippen LogP contribution in [0.15, 0.2) is 36.5 Å². The van der Waals surface area contributed by atoms with E-state index in [0.717, 1.165) is 57.8 Å². The van der Waals surface area contributed by atoms with E-state index in [1.54, 1.807) is 6.08 Å². The van der Waals surface area contributed by atoms with Gasteiger partial charge in [-0.1, -0.05) is 140 Å². The molecule has 426 valence electrons. The molecule has 3 heterocycles. The van der Waals surface area contributed by atoms with Crippen molar-refractivity contribution in [1.82, 2.24) is 5.32 Å². The second kappa shape index (κ2) is 38.5. The van der Waals surface area contributed by atoms with E-state index in [4.69, 9.17) is 28.4 Å². The van der Waals surface area contributed by atoms with Crippen molar-refractivity contribution in [3.8, 4) is 0 Å². The molecule has 0 radical (unpaired) electrons. The first-order valence-electron chi connectivity index (χ1n) is 27.7. The van der Waals surface area contributed by atoms with Gasteiger partial charge in [0.1, 0.15) is 73.2 Å². The molecule has 0 aromatic heterocycles. The molecule has 0 saturated carbocycles. The standard InChI is InChI=1S/C54H97NO18/c1-3-5-7-9-11-13-15-17-18-20-22-24-26-28-30-32-42(60)55-37(38(59)31-29-27-25-23-21-19-16-14-12-10-8-6-4-2)36-68-52-48(66)45(63)50(40(34-57)70-52)73-54-49(67)46(64)51(41(35-58)71-54)72-53-47(65)44(62)43(61)39(33-56)69-53/h17-18,21,23,29,31,37-41,43-54,56-59,61-67H,3-16,19-20,22,24-28,30,32-36H2,1-2H3,(H,55,60)/b18-17-,23-21+,31-29+. The van der Waals surface area contributed by atoms with Crippen LogP contribution in [0.4, 0.5) is 0 Å². The van der Waals surface area contributed by atoms with Crippen molar-refractivity contribution >= 4 is 5.91 Å². The number of aliphatic hydroxyl groups is 11. The number of aliphatic hydroxyl groups excluding tert-OH is 11. The lowest BCUT2D eigenvalue weighted by Gasteiger charge is -2.48. The number of hydrogen-bond donors (Lipinski definition) is 12. The number of amides is 1. The van der Waals surface area contributed by atoms with E-state index < -0.39 is 124 Å². The Balaban J connectivity index is 1.55. The second-order valence-corrected chi connectivity index (χ2v) is 20.0. The van der Waals surface area contributed by atoms with Crippen LogP contribution in [-0.2, 0) is 33.2 Å². The molecule has 12 N–H and O–H groups in total. The Hall–Kier alpha value is -1.99. The van der Waals surface area contributed by atoms with Gasteiger partial charge in [-0.2, -0.15) is 0 Å². The van der Waals surface area contributed by atoms with Gasteiger partial charge in [-0.05, 0) is 57.8 Å². The highest BCUT2D eigenvalue weighted by Gasteiger charge is 2.53. The summed E-state index contributed by atoms with van der Waals surface area (Å²) in [5, 5.41) is 120. The van der Waals surface area contributed by atoms with Gasteiger partial charge in [0.2, 0.25) is 5.91 Å². The van der Waals surface area contributed by atoms with Crippen molar-refractivity contribution in [2.24, 2.45) is 0 Å². The average Bonchev–Trinajstić information content (AvgIpc) is 3.39. The Labute approximate surface area is 434 Å². The molecule has 3 fully saturated rings. The summed E-state index contributed by atoms with van der Waals surface area (Å²) in [5.74, 6) is -0.297. The van der Waals surface area contributed by atoms with E-state index in [2.05, 4.69) is 43.5 Å². The zero-order valence-corrected chi connectivity index (χ0v) is 43.9. The normalized spacial score (nSPS) is 32.0. The molecule has 1 amide bonds. The molecule has 0 aliphatic carbocycles. The molecule has 0 aromatic carbocycles. The van der Waals surface area contributed by atoms with Crippen molar-refractivity contribution in [1.29, 1.82) is 0 Å². The van der Waals surface area contributed by atoms with Gasteiger partial charge >= 0.3 is 0 Å². The molecule has 0 aromatic rings. The van der Waals surface area contributed by atoms with Crippen LogP contribution in [0.3, 0.4) is 0 Å². The highest BCUT2D eigenvalue weighted by atomic mass is 16.8. The lowest BCUT2D eigenvalue weighted by atomic mass is 9.96. The van der Waals surface area contributed by atoms with E-state index in [-0.39, 0.29) is 18.9 Å². The first kappa shape index (κ1) is 65.3. The molecule has 19 nitrogen and oxygen atoms in total. The average molecular weight is 1050 g/mol. The minimum Gasteiger partial charge on any atom is -0.394 e. The third-order valence-corrected chi connectivity index (χ3v) is 13.9. The highest BCUT2D eigenvalue weighted by Crippen LogP contribution is 2.33. The predicted molar refractivity (Wildman–Crippen MR) is 272 cm³/mol. The fourth-order valence-electron chi connectivity index (χ4n) is 9.26. The minimum absolute atomic E-state index is 0.225. The maximum Gasteiger partial charge on any atom is 0.220 e. The van der Waals surface area contributed by atoms with Crippen LogP contribution in [0.1, 0.15) is 168 Å². The van der Waals surface area contributed by atoms with Crippen LogP contribution in [-0.4, -0.2) is 193 Å². The molecule has 3 saturated heterocycles. The molecular weight excluding hydrogens is 951 g/mol. The lowest BCUT2D eigenvalue weighted by molar-refractivity contribution is -0.379. The second-order valence-electron chi connectivity index (χ2n) is 20.0. The Kier molecular flexibility index (Phi) is 34.5. The quantitative estimate of drug-likeness (QED) is 0.0310. The van der Waals surface area contributed by atoms with E-state index in [9.17, 15) is 61.0 Å². The van der Waals surface area contributed by atoms with Crippen LogP contribution < -0.4 is 5.32 Å². The molecule has 73 heavy (non-hydrogen) atoms. The molecule has 3 aliphatic rings. The molecular formula is C54H97NO18. The van der Waals surface area contributed by atoms with Crippen LogP contribution in [0.2, 0.25) is 0 Å². The molecule has 0 spiro atoms. The zero-order chi connectivity index (χ0) is 53.4. The third-order valence-electron chi connectivity index (χ3n) is 13.9. The van der Waals surface area contributed by atoms with Gasteiger partial charge in [-0.15, -0.1) is 0 Å². The number of hydrogen-bond acceptors (Lipinski definition) is 18. The summed E-state index contributed by atoms with van der Waals surface area (Å²) in [6.45, 7) is 1.65. The van der Waals surface area contributed by atoms with Crippen LogP contribution in [0.25, 0.3) is 0 Å². The SMILES string of the molecule is CCCCCCCC/C=C\CCCCCCCC(=O)NC(COC1OC(CO)C(OC2OC(CO)C(OC3OC(CO)C(O)C(O)C3O)C(O)C2O)C(O)C1O)C(O)/C=C/CC/C=C/CCCCCCCCC. The number of nitrogens with one attached hydrogen (secondary N) is 1. The van der Waals surface area contributed by atoms with Crippen LogP contribution in [0, 0.1) is 0 Å².